The molecule has 1 aromatic heterocycles. The predicted molar refractivity (Wildman–Crippen MR) is 144 cm³/mol. The Labute approximate surface area is 212 Å². The highest BCUT2D eigenvalue weighted by atomic mass is 32.2. The van der Waals surface area contributed by atoms with Gasteiger partial charge in [0.1, 0.15) is 4.32 Å². The number of amides is 1. The number of non-ortho nitro benzene ring substituents is 1. The standard InChI is InChI=1S/C27H21N3O3S2/c1-18-23(15-25-26(31)29(27(34)35-25)17-19-7-3-2-4-8-19)22-9-5-6-10-24(22)28(18)16-20-11-13-21(14-12-20)30(32)33/h2-15H,16-17H2,1H3/b25-15+. The molecule has 174 valence electrons. The third-order valence-electron chi connectivity index (χ3n) is 6.10. The second kappa shape index (κ2) is 9.48. The molecule has 35 heavy (non-hydrogen) atoms. The van der Waals surface area contributed by atoms with E-state index in [1.807, 2.05) is 67.6 Å². The Balaban J connectivity index is 1.49. The number of hydrogen-bond acceptors (Lipinski definition) is 5. The van der Waals surface area contributed by atoms with Crippen LogP contribution < -0.4 is 0 Å². The summed E-state index contributed by atoms with van der Waals surface area (Å²) in [5, 5.41) is 12.0. The molecule has 0 radical (unpaired) electrons. The van der Waals surface area contributed by atoms with E-state index in [0.29, 0.717) is 22.3 Å². The van der Waals surface area contributed by atoms with E-state index < -0.39 is 4.92 Å². The highest BCUT2D eigenvalue weighted by Gasteiger charge is 2.32. The van der Waals surface area contributed by atoms with Crippen LogP contribution in [-0.2, 0) is 17.9 Å². The summed E-state index contributed by atoms with van der Waals surface area (Å²) >= 11 is 6.86. The monoisotopic (exact) mass is 499 g/mol. The number of nitrogens with zero attached hydrogens (tertiary/aromatic N) is 3. The fraction of sp³-hybridized carbons (Fsp3) is 0.111. The molecule has 0 spiro atoms. The van der Waals surface area contributed by atoms with Gasteiger partial charge in [0, 0.05) is 40.8 Å². The first kappa shape index (κ1) is 23.0. The van der Waals surface area contributed by atoms with Gasteiger partial charge in [0.25, 0.3) is 11.6 Å². The first-order chi connectivity index (χ1) is 16.9. The van der Waals surface area contributed by atoms with E-state index in [1.165, 1.54) is 23.9 Å². The molecule has 0 N–H and O–H groups in total. The van der Waals surface area contributed by atoms with E-state index >= 15 is 0 Å². The number of benzene rings is 3. The van der Waals surface area contributed by atoms with Crippen molar-refractivity contribution in [3.63, 3.8) is 0 Å². The minimum atomic E-state index is -0.397. The molecule has 1 fully saturated rings. The van der Waals surface area contributed by atoms with Gasteiger partial charge >= 0.3 is 0 Å². The third kappa shape index (κ3) is 4.50. The van der Waals surface area contributed by atoms with Gasteiger partial charge in [-0.25, -0.2) is 0 Å². The number of nitro groups is 1. The summed E-state index contributed by atoms with van der Waals surface area (Å²) < 4.78 is 2.73. The topological polar surface area (TPSA) is 68.4 Å². The molecule has 1 amide bonds. The van der Waals surface area contributed by atoms with E-state index in [4.69, 9.17) is 12.2 Å². The lowest BCUT2D eigenvalue weighted by Crippen LogP contribution is -2.27. The maximum absolute atomic E-state index is 13.2. The van der Waals surface area contributed by atoms with Gasteiger partial charge in [-0.15, -0.1) is 0 Å². The lowest BCUT2D eigenvalue weighted by atomic mass is 10.1. The Morgan fingerprint density at radius 1 is 0.943 bits per heavy atom. The SMILES string of the molecule is Cc1c(/C=C2/SC(=S)N(Cc3ccccc3)C2=O)c2ccccc2n1Cc1ccc([N+](=O)[O-])cc1. The Morgan fingerprint density at radius 3 is 2.31 bits per heavy atom. The molecule has 4 aromatic rings. The van der Waals surface area contributed by atoms with E-state index in [1.54, 1.807) is 17.0 Å². The molecule has 0 bridgehead atoms. The van der Waals surface area contributed by atoms with Crippen molar-refractivity contribution in [2.24, 2.45) is 0 Å². The molecular weight excluding hydrogens is 478 g/mol. The van der Waals surface area contributed by atoms with Crippen molar-refractivity contribution in [3.05, 3.63) is 116 Å². The van der Waals surface area contributed by atoms with Crippen LogP contribution in [0.5, 0.6) is 0 Å². The summed E-state index contributed by atoms with van der Waals surface area (Å²) in [5.41, 5.74) is 5.08. The second-order valence-corrected chi connectivity index (χ2v) is 9.96. The number of carbonyl (C=O) groups excluding carboxylic acids is 1. The Hall–Kier alpha value is -3.75. The maximum Gasteiger partial charge on any atom is 0.269 e. The number of hydrogen-bond donors (Lipinski definition) is 0. The Morgan fingerprint density at radius 2 is 1.60 bits per heavy atom. The number of nitro benzene ring substituents is 1. The van der Waals surface area contributed by atoms with Crippen LogP contribution in [0.4, 0.5) is 5.69 Å². The smallest absolute Gasteiger partial charge is 0.269 e. The Kier molecular flexibility index (Phi) is 6.23. The number of para-hydroxylation sites is 1. The molecule has 8 heteroatoms. The van der Waals surface area contributed by atoms with E-state index in [9.17, 15) is 14.9 Å². The summed E-state index contributed by atoms with van der Waals surface area (Å²) in [6.07, 6.45) is 1.94. The van der Waals surface area contributed by atoms with Crippen LogP contribution in [0.3, 0.4) is 0 Å². The average molecular weight is 500 g/mol. The molecule has 0 unspecified atom stereocenters. The average Bonchev–Trinajstić information content (AvgIpc) is 3.28. The van der Waals surface area contributed by atoms with Crippen LogP contribution in [0, 0.1) is 17.0 Å². The second-order valence-electron chi connectivity index (χ2n) is 8.28. The van der Waals surface area contributed by atoms with Crippen LogP contribution in [0.1, 0.15) is 22.4 Å². The van der Waals surface area contributed by atoms with Crippen molar-refractivity contribution in [3.8, 4) is 0 Å². The number of rotatable bonds is 6. The summed E-state index contributed by atoms with van der Waals surface area (Å²) in [4.78, 5) is 26.1. The molecule has 5 rings (SSSR count). The minimum Gasteiger partial charge on any atom is -0.340 e. The fourth-order valence-corrected chi connectivity index (χ4v) is 5.52. The van der Waals surface area contributed by atoms with Crippen molar-refractivity contribution in [1.82, 2.24) is 9.47 Å². The summed E-state index contributed by atoms with van der Waals surface area (Å²) in [6.45, 7) is 3.04. The van der Waals surface area contributed by atoms with E-state index in [0.717, 1.165) is 33.3 Å². The van der Waals surface area contributed by atoms with Crippen molar-refractivity contribution in [2.75, 3.05) is 0 Å². The van der Waals surface area contributed by atoms with E-state index in [-0.39, 0.29) is 11.6 Å². The Bertz CT molecular complexity index is 1490. The lowest BCUT2D eigenvalue weighted by molar-refractivity contribution is -0.384. The van der Waals surface area contributed by atoms with Crippen molar-refractivity contribution >= 4 is 56.9 Å². The summed E-state index contributed by atoms with van der Waals surface area (Å²) in [5.74, 6) is -0.0875. The van der Waals surface area contributed by atoms with Crippen LogP contribution in [0.2, 0.25) is 0 Å². The van der Waals surface area contributed by atoms with Crippen molar-refractivity contribution < 1.29 is 9.72 Å². The van der Waals surface area contributed by atoms with Gasteiger partial charge < -0.3 is 4.57 Å². The molecule has 2 heterocycles. The highest BCUT2D eigenvalue weighted by Crippen LogP contribution is 2.36. The number of aromatic nitrogens is 1. The quantitative estimate of drug-likeness (QED) is 0.135. The molecule has 6 nitrogen and oxygen atoms in total. The zero-order chi connectivity index (χ0) is 24.5. The summed E-state index contributed by atoms with van der Waals surface area (Å²) in [6, 6.07) is 24.5. The van der Waals surface area contributed by atoms with Gasteiger partial charge in [-0.1, -0.05) is 84.6 Å². The molecule has 3 aromatic carbocycles. The highest BCUT2D eigenvalue weighted by molar-refractivity contribution is 8.26. The summed E-state index contributed by atoms with van der Waals surface area (Å²) in [7, 11) is 0. The number of carbonyl (C=O) groups is 1. The van der Waals surface area contributed by atoms with Gasteiger partial charge in [-0.3, -0.25) is 19.8 Å². The molecular formula is C27H21N3O3S2. The van der Waals surface area contributed by atoms with Gasteiger partial charge in [-0.05, 0) is 30.2 Å². The minimum absolute atomic E-state index is 0.0704. The molecule has 1 saturated heterocycles. The van der Waals surface area contributed by atoms with Gasteiger partial charge in [0.2, 0.25) is 0 Å². The number of thioether (sulfide) groups is 1. The molecule has 0 aliphatic carbocycles. The molecule has 1 aliphatic rings. The van der Waals surface area contributed by atoms with Gasteiger partial charge in [0.05, 0.1) is 16.4 Å². The zero-order valence-electron chi connectivity index (χ0n) is 18.9. The zero-order valence-corrected chi connectivity index (χ0v) is 20.5. The normalized spacial score (nSPS) is 14.9. The van der Waals surface area contributed by atoms with Crippen LogP contribution in [0.25, 0.3) is 17.0 Å². The number of thiocarbonyl (C=S) groups is 1. The lowest BCUT2D eigenvalue weighted by Gasteiger charge is -2.14. The van der Waals surface area contributed by atoms with Gasteiger partial charge in [-0.2, -0.15) is 0 Å². The van der Waals surface area contributed by atoms with Crippen LogP contribution in [0.15, 0.2) is 83.8 Å². The van der Waals surface area contributed by atoms with Crippen molar-refractivity contribution in [2.45, 2.75) is 20.0 Å². The fourth-order valence-electron chi connectivity index (χ4n) is 4.28. The number of fused-ring (bicyclic) bond motifs is 1. The first-order valence-electron chi connectivity index (χ1n) is 11.0. The van der Waals surface area contributed by atoms with Gasteiger partial charge in [0.15, 0.2) is 0 Å². The van der Waals surface area contributed by atoms with Crippen LogP contribution >= 0.6 is 24.0 Å². The van der Waals surface area contributed by atoms with Crippen LogP contribution in [-0.4, -0.2) is 24.6 Å². The predicted octanol–water partition coefficient (Wildman–Crippen LogP) is 6.31. The van der Waals surface area contributed by atoms with E-state index in [2.05, 4.69) is 4.57 Å². The maximum atomic E-state index is 13.2. The third-order valence-corrected chi connectivity index (χ3v) is 7.48. The molecule has 0 saturated carbocycles. The largest absolute Gasteiger partial charge is 0.340 e. The molecule has 1 aliphatic heterocycles. The van der Waals surface area contributed by atoms with Crippen molar-refractivity contribution in [1.29, 1.82) is 0 Å². The molecule has 0 atom stereocenters. The first-order valence-corrected chi connectivity index (χ1v) is 12.3.